The second-order valence-corrected chi connectivity index (χ2v) is 11.0. The van der Waals surface area contributed by atoms with E-state index in [2.05, 4.69) is 16.9 Å². The number of fused-ring (bicyclic) bond motifs is 1. The third-order valence-corrected chi connectivity index (χ3v) is 8.44. The van der Waals surface area contributed by atoms with Crippen LogP contribution in [0.2, 0.25) is 0 Å². The summed E-state index contributed by atoms with van der Waals surface area (Å²) in [4.78, 5) is 19.5. The van der Waals surface area contributed by atoms with Gasteiger partial charge in [-0.2, -0.15) is 0 Å². The van der Waals surface area contributed by atoms with Gasteiger partial charge in [-0.25, -0.2) is 17.4 Å². The number of hydrogen-bond acceptors (Lipinski definition) is 6. The summed E-state index contributed by atoms with van der Waals surface area (Å²) in [5.41, 5.74) is 8.33. The number of benzene rings is 2. The molecule has 0 aliphatic carbocycles. The van der Waals surface area contributed by atoms with Crippen LogP contribution in [0.4, 0.5) is 0 Å². The molecule has 0 radical (unpaired) electrons. The lowest BCUT2D eigenvalue weighted by Gasteiger charge is -2.20. The van der Waals surface area contributed by atoms with Gasteiger partial charge < -0.3 is 15.4 Å². The molecule has 1 fully saturated rings. The molecule has 0 saturated carbocycles. The largest absolute Gasteiger partial charge is 0.492 e. The lowest BCUT2D eigenvalue weighted by Crippen LogP contribution is -2.30. The van der Waals surface area contributed by atoms with E-state index >= 15 is 0 Å². The number of amides is 1. The van der Waals surface area contributed by atoms with Crippen LogP contribution in [0, 0.1) is 6.92 Å². The minimum atomic E-state index is -3.91. The summed E-state index contributed by atoms with van der Waals surface area (Å²) >= 11 is 0. The number of likely N-dealkylation sites (N-methyl/N-ethyl adjacent to an activating group) is 1. The van der Waals surface area contributed by atoms with Gasteiger partial charge in [0.15, 0.2) is 5.65 Å². The molecule has 1 saturated heterocycles. The summed E-state index contributed by atoms with van der Waals surface area (Å²) in [6, 6.07) is 15.9. The molecule has 186 valence electrons. The van der Waals surface area contributed by atoms with Gasteiger partial charge in [-0.05, 0) is 69.3 Å². The molecular formula is C27H28N4O4S. The number of nitrogens with zero attached hydrogens (tertiary/aromatic N) is 3. The third kappa shape index (κ3) is 4.36. The fourth-order valence-electron chi connectivity index (χ4n) is 4.70. The minimum Gasteiger partial charge on any atom is -0.492 e. The average molecular weight is 505 g/mol. The standard InChI is InChI=1S/C27H28N4O4S/c1-18-8-10-22(11-9-18)36(33,34)31-14-12-23-25(26(28)32)24(16-29-27(23)31)19-5-3-7-21(15-19)35-17-20-6-4-13-30(20)2/h3,5,7-12,14-16,20H,4,6,13,17H2,1-2H3,(H2,28,32)/t20-/m0/s1. The highest BCUT2D eigenvalue weighted by atomic mass is 32.2. The lowest BCUT2D eigenvalue weighted by atomic mass is 9.99. The van der Waals surface area contributed by atoms with Crippen LogP contribution >= 0.6 is 0 Å². The number of carbonyl (C=O) groups is 1. The number of pyridine rings is 1. The van der Waals surface area contributed by atoms with Crippen LogP contribution in [-0.4, -0.2) is 54.4 Å². The quantitative estimate of drug-likeness (QED) is 0.410. The summed E-state index contributed by atoms with van der Waals surface area (Å²) < 4.78 is 33.7. The second-order valence-electron chi connectivity index (χ2n) is 9.19. The number of hydrogen-bond donors (Lipinski definition) is 1. The van der Waals surface area contributed by atoms with Crippen molar-refractivity contribution in [1.82, 2.24) is 13.9 Å². The summed E-state index contributed by atoms with van der Waals surface area (Å²) in [5.74, 6) is 0.0182. The van der Waals surface area contributed by atoms with Crippen molar-refractivity contribution in [3.8, 4) is 16.9 Å². The van der Waals surface area contributed by atoms with Crippen LogP contribution in [0.3, 0.4) is 0 Å². The average Bonchev–Trinajstić information content (AvgIpc) is 3.48. The molecule has 4 aromatic rings. The highest BCUT2D eigenvalue weighted by Crippen LogP contribution is 2.32. The summed E-state index contributed by atoms with van der Waals surface area (Å²) in [5, 5.41) is 0.370. The van der Waals surface area contributed by atoms with Crippen LogP contribution in [0.1, 0.15) is 28.8 Å². The minimum absolute atomic E-state index is 0.134. The number of ether oxygens (including phenoxy) is 1. The van der Waals surface area contributed by atoms with Gasteiger partial charge in [-0.3, -0.25) is 4.79 Å². The maximum absolute atomic E-state index is 13.3. The van der Waals surface area contributed by atoms with Crippen molar-refractivity contribution in [2.24, 2.45) is 5.73 Å². The Morgan fingerprint density at radius 1 is 1.17 bits per heavy atom. The van der Waals surface area contributed by atoms with Crippen molar-refractivity contribution < 1.29 is 17.9 Å². The summed E-state index contributed by atoms with van der Waals surface area (Å²) in [6.45, 7) is 3.54. The number of rotatable bonds is 7. The predicted octanol–water partition coefficient (Wildman–Crippen LogP) is 3.82. The Labute approximate surface area is 210 Å². The second kappa shape index (κ2) is 9.40. The van der Waals surface area contributed by atoms with E-state index in [1.54, 1.807) is 30.3 Å². The smallest absolute Gasteiger partial charge is 0.269 e. The molecule has 36 heavy (non-hydrogen) atoms. The number of primary amides is 1. The van der Waals surface area contributed by atoms with Gasteiger partial charge in [-0.1, -0.05) is 29.8 Å². The van der Waals surface area contributed by atoms with E-state index in [4.69, 9.17) is 10.5 Å². The zero-order valence-electron chi connectivity index (χ0n) is 20.2. The molecule has 0 unspecified atom stereocenters. The molecule has 3 heterocycles. The normalized spacial score (nSPS) is 16.4. The molecule has 1 amide bonds. The Morgan fingerprint density at radius 2 is 1.94 bits per heavy atom. The zero-order valence-corrected chi connectivity index (χ0v) is 21.0. The first-order valence-corrected chi connectivity index (χ1v) is 13.3. The van der Waals surface area contributed by atoms with E-state index < -0.39 is 15.9 Å². The molecule has 5 rings (SSSR count). The Balaban J connectivity index is 1.53. The Hall–Kier alpha value is -3.69. The van der Waals surface area contributed by atoms with Gasteiger partial charge in [0, 0.05) is 29.4 Å². The van der Waals surface area contributed by atoms with E-state index in [0.29, 0.717) is 34.9 Å². The van der Waals surface area contributed by atoms with Crippen molar-refractivity contribution >= 4 is 27.0 Å². The Bertz CT molecular complexity index is 1540. The highest BCUT2D eigenvalue weighted by Gasteiger charge is 2.24. The molecule has 2 N–H and O–H groups in total. The first-order chi connectivity index (χ1) is 17.3. The number of likely N-dealkylation sites (tertiary alicyclic amines) is 1. The topological polar surface area (TPSA) is 108 Å². The van der Waals surface area contributed by atoms with E-state index in [0.717, 1.165) is 28.9 Å². The first-order valence-electron chi connectivity index (χ1n) is 11.8. The van der Waals surface area contributed by atoms with E-state index in [9.17, 15) is 13.2 Å². The Morgan fingerprint density at radius 3 is 2.64 bits per heavy atom. The maximum atomic E-state index is 13.3. The molecule has 0 bridgehead atoms. The van der Waals surface area contributed by atoms with Crippen molar-refractivity contribution in [1.29, 1.82) is 0 Å². The van der Waals surface area contributed by atoms with Gasteiger partial charge >= 0.3 is 0 Å². The summed E-state index contributed by atoms with van der Waals surface area (Å²) in [6.07, 6.45) is 5.16. The van der Waals surface area contributed by atoms with Gasteiger partial charge in [0.25, 0.3) is 10.0 Å². The molecule has 0 spiro atoms. The Kier molecular flexibility index (Phi) is 6.27. The van der Waals surface area contributed by atoms with Crippen LogP contribution in [0.5, 0.6) is 5.75 Å². The van der Waals surface area contributed by atoms with Crippen molar-refractivity contribution in [2.45, 2.75) is 30.7 Å². The number of carbonyl (C=O) groups excluding carboxylic acids is 1. The predicted molar refractivity (Wildman–Crippen MR) is 139 cm³/mol. The van der Waals surface area contributed by atoms with Crippen LogP contribution < -0.4 is 10.5 Å². The first kappa shape index (κ1) is 24.0. The molecule has 9 heteroatoms. The molecule has 8 nitrogen and oxygen atoms in total. The van der Waals surface area contributed by atoms with E-state index in [-0.39, 0.29) is 16.1 Å². The van der Waals surface area contributed by atoms with Crippen LogP contribution in [0.25, 0.3) is 22.2 Å². The fraction of sp³-hybridized carbons (Fsp3) is 0.259. The SMILES string of the molecule is Cc1ccc(S(=O)(=O)n2ccc3c(C(N)=O)c(-c4cccc(OC[C@@H]5CCCN5C)c4)cnc32)cc1. The highest BCUT2D eigenvalue weighted by molar-refractivity contribution is 7.90. The molecule has 1 aliphatic heterocycles. The molecule has 2 aromatic heterocycles. The molecular weight excluding hydrogens is 476 g/mol. The molecule has 2 aromatic carbocycles. The molecule has 1 atom stereocenters. The molecule has 1 aliphatic rings. The van der Waals surface area contributed by atoms with Gasteiger partial charge in [-0.15, -0.1) is 0 Å². The third-order valence-electron chi connectivity index (χ3n) is 6.76. The van der Waals surface area contributed by atoms with Crippen LogP contribution in [0.15, 0.2) is 71.9 Å². The summed E-state index contributed by atoms with van der Waals surface area (Å²) in [7, 11) is -1.81. The lowest BCUT2D eigenvalue weighted by molar-refractivity contribution is 0.100. The van der Waals surface area contributed by atoms with Gasteiger partial charge in [0.2, 0.25) is 5.91 Å². The van der Waals surface area contributed by atoms with Gasteiger partial charge in [0.05, 0.1) is 10.5 Å². The van der Waals surface area contributed by atoms with E-state index in [1.807, 2.05) is 31.2 Å². The number of nitrogens with two attached hydrogens (primary N) is 1. The van der Waals surface area contributed by atoms with E-state index in [1.165, 1.54) is 12.4 Å². The monoisotopic (exact) mass is 504 g/mol. The number of aryl methyl sites for hydroxylation is 1. The van der Waals surface area contributed by atoms with Crippen LogP contribution in [-0.2, 0) is 10.0 Å². The van der Waals surface area contributed by atoms with Crippen molar-refractivity contribution in [2.75, 3.05) is 20.2 Å². The van der Waals surface area contributed by atoms with Gasteiger partial charge in [0.1, 0.15) is 12.4 Å². The fourth-order valence-corrected chi connectivity index (χ4v) is 6.00. The zero-order chi connectivity index (χ0) is 25.4. The maximum Gasteiger partial charge on any atom is 0.269 e. The van der Waals surface area contributed by atoms with Crippen molar-refractivity contribution in [3.05, 3.63) is 78.1 Å². The number of aromatic nitrogens is 2. The van der Waals surface area contributed by atoms with Crippen molar-refractivity contribution in [3.63, 3.8) is 0 Å².